The van der Waals surface area contributed by atoms with Crippen LogP contribution in [-0.2, 0) is 16.1 Å². The van der Waals surface area contributed by atoms with Crippen LogP contribution in [0.1, 0.15) is 28.8 Å². The van der Waals surface area contributed by atoms with Gasteiger partial charge < -0.3 is 15.0 Å². The number of nitrogens with one attached hydrogen (secondary N) is 1. The number of pyridine rings is 1. The molecule has 2 fully saturated rings. The fourth-order valence-electron chi connectivity index (χ4n) is 4.03. The maximum Gasteiger partial charge on any atom is 0.253 e. The number of nitrogens with zero attached hydrogens (tertiary/aromatic N) is 3. The van der Waals surface area contributed by atoms with E-state index < -0.39 is 0 Å². The van der Waals surface area contributed by atoms with E-state index in [-0.39, 0.29) is 17.7 Å². The topological polar surface area (TPSA) is 74.8 Å². The van der Waals surface area contributed by atoms with Gasteiger partial charge in [-0.25, -0.2) is 4.98 Å². The minimum absolute atomic E-state index is 0.0297. The van der Waals surface area contributed by atoms with Crippen molar-refractivity contribution in [2.24, 2.45) is 5.92 Å². The number of anilines is 1. The number of piperidine rings is 1. The minimum Gasteiger partial charge on any atom is -0.379 e. The molecule has 0 atom stereocenters. The summed E-state index contributed by atoms with van der Waals surface area (Å²) in [7, 11) is 0. The second kappa shape index (κ2) is 10.2. The number of likely N-dealkylation sites (tertiary alicyclic amines) is 1. The quantitative estimate of drug-likeness (QED) is 0.770. The van der Waals surface area contributed by atoms with Crippen LogP contribution in [0.4, 0.5) is 5.82 Å². The first-order chi connectivity index (χ1) is 15.1. The van der Waals surface area contributed by atoms with Crippen LogP contribution in [-0.4, -0.2) is 66.0 Å². The van der Waals surface area contributed by atoms with E-state index in [9.17, 15) is 9.59 Å². The number of hydrogen-bond acceptors (Lipinski definition) is 5. The molecule has 2 aromatic rings. The van der Waals surface area contributed by atoms with Gasteiger partial charge in [0.15, 0.2) is 0 Å². The van der Waals surface area contributed by atoms with Gasteiger partial charge in [-0.05, 0) is 42.7 Å². The van der Waals surface area contributed by atoms with Crippen molar-refractivity contribution >= 4 is 29.2 Å². The molecule has 2 aliphatic rings. The van der Waals surface area contributed by atoms with Gasteiger partial charge in [0.05, 0.1) is 18.2 Å². The second-order valence-corrected chi connectivity index (χ2v) is 8.44. The Morgan fingerprint density at radius 1 is 1.10 bits per heavy atom. The largest absolute Gasteiger partial charge is 0.379 e. The molecule has 0 saturated carbocycles. The standard InChI is InChI=1S/C23H27ClN4O3/c24-20-4-5-21(25-15-20)26-22(29)18-6-8-28(9-7-18)23(30)19-3-1-2-17(14-19)16-27-10-12-31-13-11-27/h1-5,14-15,18H,6-13,16H2,(H,25,26,29). The van der Waals surface area contributed by atoms with Gasteiger partial charge in [-0.2, -0.15) is 0 Å². The number of morpholine rings is 1. The van der Waals surface area contributed by atoms with Gasteiger partial charge in [0.2, 0.25) is 5.91 Å². The van der Waals surface area contributed by atoms with Crippen LogP contribution in [0.2, 0.25) is 5.02 Å². The zero-order chi connectivity index (χ0) is 21.6. The zero-order valence-corrected chi connectivity index (χ0v) is 18.2. The number of carbonyl (C=O) groups excluding carboxylic acids is 2. The van der Waals surface area contributed by atoms with Crippen molar-refractivity contribution in [2.75, 3.05) is 44.7 Å². The van der Waals surface area contributed by atoms with Crippen LogP contribution in [0.3, 0.4) is 0 Å². The number of benzene rings is 1. The number of amides is 2. The Labute approximate surface area is 187 Å². The second-order valence-electron chi connectivity index (χ2n) is 8.01. The van der Waals surface area contributed by atoms with Crippen LogP contribution in [0.5, 0.6) is 0 Å². The smallest absolute Gasteiger partial charge is 0.253 e. The predicted molar refractivity (Wildman–Crippen MR) is 119 cm³/mol. The van der Waals surface area contributed by atoms with Crippen molar-refractivity contribution in [2.45, 2.75) is 19.4 Å². The monoisotopic (exact) mass is 442 g/mol. The summed E-state index contributed by atoms with van der Waals surface area (Å²) < 4.78 is 5.40. The highest BCUT2D eigenvalue weighted by Crippen LogP contribution is 2.21. The molecule has 4 rings (SSSR count). The van der Waals surface area contributed by atoms with Crippen molar-refractivity contribution in [1.82, 2.24) is 14.8 Å². The van der Waals surface area contributed by atoms with E-state index in [4.69, 9.17) is 16.3 Å². The van der Waals surface area contributed by atoms with Crippen molar-refractivity contribution in [3.8, 4) is 0 Å². The number of hydrogen-bond donors (Lipinski definition) is 1. The SMILES string of the molecule is O=C(Nc1ccc(Cl)cn1)C1CCN(C(=O)c2cccc(CN3CCOCC3)c2)CC1. The molecular formula is C23H27ClN4O3. The van der Waals surface area contributed by atoms with Crippen molar-refractivity contribution in [3.05, 3.63) is 58.7 Å². The van der Waals surface area contributed by atoms with E-state index in [1.807, 2.05) is 23.1 Å². The number of aromatic nitrogens is 1. The van der Waals surface area contributed by atoms with Gasteiger partial charge in [0.1, 0.15) is 5.82 Å². The van der Waals surface area contributed by atoms with Crippen LogP contribution in [0, 0.1) is 5.92 Å². The normalized spacial score (nSPS) is 18.0. The number of rotatable bonds is 5. The average molecular weight is 443 g/mol. The summed E-state index contributed by atoms with van der Waals surface area (Å²) in [5, 5.41) is 3.36. The maximum absolute atomic E-state index is 13.0. The molecular weight excluding hydrogens is 416 g/mol. The first kappa shape index (κ1) is 21.7. The Balaban J connectivity index is 1.30. The lowest BCUT2D eigenvalue weighted by Crippen LogP contribution is -2.41. The molecule has 1 N–H and O–H groups in total. The molecule has 3 heterocycles. The molecule has 0 spiro atoms. The molecule has 0 aliphatic carbocycles. The van der Waals surface area contributed by atoms with Gasteiger partial charge >= 0.3 is 0 Å². The molecule has 0 bridgehead atoms. The van der Waals surface area contributed by atoms with Crippen molar-refractivity contribution in [3.63, 3.8) is 0 Å². The van der Waals surface area contributed by atoms with E-state index >= 15 is 0 Å². The number of carbonyl (C=O) groups is 2. The predicted octanol–water partition coefficient (Wildman–Crippen LogP) is 3.06. The Morgan fingerprint density at radius 2 is 1.87 bits per heavy atom. The molecule has 1 aromatic heterocycles. The fourth-order valence-corrected chi connectivity index (χ4v) is 4.14. The highest BCUT2D eigenvalue weighted by Gasteiger charge is 2.28. The molecule has 2 amide bonds. The Hall–Kier alpha value is -2.48. The lowest BCUT2D eigenvalue weighted by Gasteiger charge is -2.31. The molecule has 164 valence electrons. The average Bonchev–Trinajstić information content (AvgIpc) is 2.81. The fraction of sp³-hybridized carbons (Fsp3) is 0.435. The first-order valence-corrected chi connectivity index (χ1v) is 11.1. The Bertz CT molecular complexity index is 907. The molecule has 1 aromatic carbocycles. The first-order valence-electron chi connectivity index (χ1n) is 10.7. The van der Waals surface area contributed by atoms with E-state index in [2.05, 4.69) is 21.3 Å². The van der Waals surface area contributed by atoms with E-state index in [1.165, 1.54) is 6.20 Å². The highest BCUT2D eigenvalue weighted by molar-refractivity contribution is 6.30. The third-order valence-electron chi connectivity index (χ3n) is 5.82. The van der Waals surface area contributed by atoms with E-state index in [0.717, 1.165) is 38.4 Å². The number of halogens is 1. The summed E-state index contributed by atoms with van der Waals surface area (Å²) in [6.07, 6.45) is 2.78. The minimum atomic E-state index is -0.130. The molecule has 0 radical (unpaired) electrons. The molecule has 2 aliphatic heterocycles. The van der Waals surface area contributed by atoms with Gasteiger partial charge in [0.25, 0.3) is 5.91 Å². The lowest BCUT2D eigenvalue weighted by atomic mass is 9.95. The Kier molecular flexibility index (Phi) is 7.17. The van der Waals surface area contributed by atoms with E-state index in [0.29, 0.717) is 42.3 Å². The lowest BCUT2D eigenvalue weighted by molar-refractivity contribution is -0.121. The van der Waals surface area contributed by atoms with Crippen LogP contribution < -0.4 is 5.32 Å². The molecule has 7 nitrogen and oxygen atoms in total. The van der Waals surface area contributed by atoms with Gasteiger partial charge in [-0.1, -0.05) is 23.7 Å². The number of ether oxygens (including phenoxy) is 1. The summed E-state index contributed by atoms with van der Waals surface area (Å²) in [6, 6.07) is 11.2. The van der Waals surface area contributed by atoms with Gasteiger partial charge in [0, 0.05) is 50.4 Å². The summed E-state index contributed by atoms with van der Waals surface area (Å²) >= 11 is 5.83. The molecule has 0 unspecified atom stereocenters. The summed E-state index contributed by atoms with van der Waals surface area (Å²) in [5.41, 5.74) is 1.84. The van der Waals surface area contributed by atoms with Gasteiger partial charge in [-0.15, -0.1) is 0 Å². The highest BCUT2D eigenvalue weighted by atomic mass is 35.5. The summed E-state index contributed by atoms with van der Waals surface area (Å²) in [6.45, 7) is 5.31. The maximum atomic E-state index is 13.0. The van der Waals surface area contributed by atoms with E-state index in [1.54, 1.807) is 12.1 Å². The summed E-state index contributed by atoms with van der Waals surface area (Å²) in [4.78, 5) is 33.8. The molecule has 2 saturated heterocycles. The third-order valence-corrected chi connectivity index (χ3v) is 6.04. The van der Waals surface area contributed by atoms with Crippen LogP contribution in [0.25, 0.3) is 0 Å². The molecule has 8 heteroatoms. The van der Waals surface area contributed by atoms with Crippen LogP contribution >= 0.6 is 11.6 Å². The zero-order valence-electron chi connectivity index (χ0n) is 17.4. The Morgan fingerprint density at radius 3 is 2.58 bits per heavy atom. The van der Waals surface area contributed by atoms with Crippen molar-refractivity contribution < 1.29 is 14.3 Å². The summed E-state index contributed by atoms with van der Waals surface area (Å²) in [5.74, 6) is 0.329. The van der Waals surface area contributed by atoms with Crippen molar-refractivity contribution in [1.29, 1.82) is 0 Å². The van der Waals surface area contributed by atoms with Gasteiger partial charge in [-0.3, -0.25) is 14.5 Å². The third kappa shape index (κ3) is 5.81. The van der Waals surface area contributed by atoms with Crippen LogP contribution in [0.15, 0.2) is 42.6 Å². The molecule has 31 heavy (non-hydrogen) atoms.